The van der Waals surface area contributed by atoms with E-state index >= 15 is 0 Å². The maximum atomic E-state index is 10.1. The van der Waals surface area contributed by atoms with E-state index in [4.69, 9.17) is 0 Å². The summed E-state index contributed by atoms with van der Waals surface area (Å²) < 4.78 is 0. The van der Waals surface area contributed by atoms with Gasteiger partial charge in [0.05, 0.1) is 23.9 Å². The maximum absolute atomic E-state index is 10.1. The standard InChI is InChI=1S/4C7H6O2.Ba.Cd/c4*8-7(9)6-4-2-1-3-5-6;;/h4*1-5H,(H,8,9);;/q;;;;2*+2/p-4. The van der Waals surface area contributed by atoms with Crippen LogP contribution >= 0.6 is 0 Å². The predicted octanol–water partition coefficient (Wildman–Crippen LogP) is -0.183. The smallest absolute Gasteiger partial charge is 0.545 e. The molecule has 0 spiro atoms. The van der Waals surface area contributed by atoms with Crippen molar-refractivity contribution < 1.29 is 66.9 Å². The van der Waals surface area contributed by atoms with Gasteiger partial charge < -0.3 is 39.6 Å². The van der Waals surface area contributed by atoms with E-state index in [0.29, 0.717) is 0 Å². The van der Waals surface area contributed by atoms with Crippen LogP contribution < -0.4 is 20.4 Å². The van der Waals surface area contributed by atoms with Crippen LogP contribution in [0.25, 0.3) is 0 Å². The molecule has 0 heterocycles. The van der Waals surface area contributed by atoms with Gasteiger partial charge in [0.15, 0.2) is 0 Å². The van der Waals surface area contributed by atoms with Crippen molar-refractivity contribution in [3.05, 3.63) is 144 Å². The third-order valence-electron chi connectivity index (χ3n) is 4.04. The SMILES string of the molecule is O=C([O-])c1ccccc1.O=C([O-])c1ccccc1.O=C([O-])c1ccccc1.O=C([O-])c1ccccc1.[Ba+2].[Cd+2]. The fourth-order valence-corrected chi connectivity index (χ4v) is 2.30. The fourth-order valence-electron chi connectivity index (χ4n) is 2.30. The van der Waals surface area contributed by atoms with E-state index in [1.165, 1.54) is 48.5 Å². The third kappa shape index (κ3) is 16.9. The van der Waals surface area contributed by atoms with E-state index in [1.807, 2.05) is 0 Å². The van der Waals surface area contributed by atoms with Crippen molar-refractivity contribution in [1.82, 2.24) is 0 Å². The van der Waals surface area contributed by atoms with Gasteiger partial charge in [-0.1, -0.05) is 121 Å². The Bertz CT molecular complexity index is 1020. The van der Waals surface area contributed by atoms with Crippen LogP contribution in [0.5, 0.6) is 0 Å². The normalized spacial score (nSPS) is 8.42. The molecule has 0 saturated heterocycles. The third-order valence-corrected chi connectivity index (χ3v) is 4.04. The molecule has 0 aliphatic heterocycles. The molecular weight excluding hydrogens is 714 g/mol. The van der Waals surface area contributed by atoms with Crippen molar-refractivity contribution in [1.29, 1.82) is 0 Å². The van der Waals surface area contributed by atoms with Gasteiger partial charge in [0.1, 0.15) is 0 Å². The van der Waals surface area contributed by atoms with Crippen molar-refractivity contribution >= 4 is 72.8 Å². The van der Waals surface area contributed by atoms with Gasteiger partial charge in [-0.15, -0.1) is 0 Å². The van der Waals surface area contributed by atoms with E-state index in [-0.39, 0.29) is 98.4 Å². The van der Waals surface area contributed by atoms with Crippen LogP contribution in [0.4, 0.5) is 0 Å². The van der Waals surface area contributed by atoms with Crippen molar-refractivity contribution in [2.75, 3.05) is 0 Å². The zero-order valence-electron chi connectivity index (χ0n) is 20.2. The van der Waals surface area contributed by atoms with E-state index < -0.39 is 23.9 Å². The van der Waals surface area contributed by atoms with E-state index in [0.717, 1.165) is 0 Å². The Morgan fingerprint density at radius 3 is 0.553 bits per heavy atom. The molecule has 0 saturated carbocycles. The number of carbonyl (C=O) groups excluding carboxylic acids is 4. The van der Waals surface area contributed by atoms with Crippen molar-refractivity contribution in [3.8, 4) is 0 Å². The first-order valence-corrected chi connectivity index (χ1v) is 10.3. The molecule has 8 nitrogen and oxygen atoms in total. The van der Waals surface area contributed by atoms with E-state index in [1.54, 1.807) is 72.8 Å². The molecule has 184 valence electrons. The Morgan fingerprint density at radius 1 is 0.342 bits per heavy atom. The summed E-state index contributed by atoms with van der Waals surface area (Å²) in [5, 5.41) is 40.4. The molecule has 0 amide bonds. The van der Waals surface area contributed by atoms with E-state index in [2.05, 4.69) is 0 Å². The van der Waals surface area contributed by atoms with Crippen molar-refractivity contribution in [3.63, 3.8) is 0 Å². The number of hydrogen-bond donors (Lipinski definition) is 0. The second kappa shape index (κ2) is 22.3. The number of rotatable bonds is 4. The number of carboxylic acids is 4. The molecule has 0 atom stereocenters. The summed E-state index contributed by atoms with van der Waals surface area (Å²) in [5.41, 5.74) is 0.880. The Balaban J connectivity index is 0. The summed E-state index contributed by atoms with van der Waals surface area (Å²) in [6.45, 7) is 0. The molecule has 10 heteroatoms. The van der Waals surface area contributed by atoms with Gasteiger partial charge in [-0.05, 0) is 22.3 Å². The molecule has 4 aromatic rings. The van der Waals surface area contributed by atoms with Crippen LogP contribution in [0, 0.1) is 0 Å². The quantitative estimate of drug-likeness (QED) is 0.261. The maximum Gasteiger partial charge on any atom is 2.00 e. The van der Waals surface area contributed by atoms with Gasteiger partial charge in [-0.25, -0.2) is 0 Å². The summed E-state index contributed by atoms with van der Waals surface area (Å²) in [6.07, 6.45) is 0. The summed E-state index contributed by atoms with van der Waals surface area (Å²) in [6, 6.07) is 32.3. The second-order valence-electron chi connectivity index (χ2n) is 6.61. The Labute approximate surface area is 280 Å². The number of carbonyl (C=O) groups is 4. The number of carboxylic acid groups (broad SMARTS) is 4. The van der Waals surface area contributed by atoms with Crippen LogP contribution in [0.1, 0.15) is 41.4 Å². The minimum absolute atomic E-state index is 0. The zero-order chi connectivity index (χ0) is 26.8. The number of aromatic carboxylic acids is 4. The topological polar surface area (TPSA) is 161 Å². The summed E-state index contributed by atoms with van der Waals surface area (Å²) in [5.74, 6) is -4.52. The minimum atomic E-state index is -1.13. The molecule has 0 bridgehead atoms. The van der Waals surface area contributed by atoms with Gasteiger partial charge in [0, 0.05) is 0 Å². The molecule has 0 unspecified atom stereocenters. The Morgan fingerprint density at radius 2 is 0.474 bits per heavy atom. The number of benzene rings is 4. The van der Waals surface area contributed by atoms with Crippen LogP contribution in [0.15, 0.2) is 121 Å². The van der Waals surface area contributed by atoms with E-state index in [9.17, 15) is 39.6 Å². The largest absolute Gasteiger partial charge is 2.00 e. The van der Waals surface area contributed by atoms with Crippen molar-refractivity contribution in [2.45, 2.75) is 0 Å². The zero-order valence-corrected chi connectivity index (χ0v) is 28.7. The summed E-state index contributed by atoms with van der Waals surface area (Å²) >= 11 is 0. The summed E-state index contributed by atoms with van der Waals surface area (Å²) in [7, 11) is 0. The Hall–Kier alpha value is -2.75. The first kappa shape index (κ1) is 37.4. The van der Waals surface area contributed by atoms with Crippen LogP contribution in [0.3, 0.4) is 0 Å². The molecule has 0 aliphatic rings. The number of hydrogen-bond acceptors (Lipinski definition) is 8. The monoisotopic (exact) mass is 736 g/mol. The van der Waals surface area contributed by atoms with Gasteiger partial charge in [-0.2, -0.15) is 0 Å². The first-order valence-electron chi connectivity index (χ1n) is 10.3. The fraction of sp³-hybridized carbons (Fsp3) is 0. The molecule has 0 aliphatic carbocycles. The minimum Gasteiger partial charge on any atom is -0.545 e. The predicted molar refractivity (Wildman–Crippen MR) is 129 cm³/mol. The average molecular weight is 734 g/mol. The van der Waals surface area contributed by atoms with Crippen LogP contribution in [-0.4, -0.2) is 72.8 Å². The molecule has 4 rings (SSSR count). The van der Waals surface area contributed by atoms with Gasteiger partial charge in [0.2, 0.25) is 0 Å². The molecule has 0 aromatic heterocycles. The average Bonchev–Trinajstić information content (AvgIpc) is 2.92. The molecule has 4 aromatic carbocycles. The Kier molecular flexibility index (Phi) is 21.9. The van der Waals surface area contributed by atoms with Gasteiger partial charge in [-0.3, -0.25) is 0 Å². The molecular formula is C28H20BaCdO8. The molecule has 38 heavy (non-hydrogen) atoms. The second-order valence-corrected chi connectivity index (χ2v) is 6.61. The molecule has 0 N–H and O–H groups in total. The summed E-state index contributed by atoms with van der Waals surface area (Å²) in [4.78, 5) is 40.4. The van der Waals surface area contributed by atoms with Gasteiger partial charge in [0.25, 0.3) is 0 Å². The molecule has 0 fully saturated rings. The van der Waals surface area contributed by atoms with Gasteiger partial charge >= 0.3 is 76.2 Å². The molecule has 0 radical (unpaired) electrons. The van der Waals surface area contributed by atoms with Crippen LogP contribution in [-0.2, 0) is 27.3 Å². The van der Waals surface area contributed by atoms with Crippen LogP contribution in [0.2, 0.25) is 0 Å². The van der Waals surface area contributed by atoms with Crippen molar-refractivity contribution in [2.24, 2.45) is 0 Å². The first-order chi connectivity index (χ1) is 17.2.